The number of likely N-dealkylation sites (tertiary alicyclic amines) is 1. The molecule has 0 aliphatic carbocycles. The molecular weight excluding hydrogens is 418 g/mol. The Bertz CT molecular complexity index is 910. The lowest BCUT2D eigenvalue weighted by Gasteiger charge is -2.51. The van der Waals surface area contributed by atoms with Crippen LogP contribution in [-0.4, -0.2) is 39.9 Å². The first kappa shape index (κ1) is 22.9. The molecule has 4 nitrogen and oxygen atoms in total. The summed E-state index contributed by atoms with van der Waals surface area (Å²) in [7, 11) is -2.93. The molecule has 2 fully saturated rings. The van der Waals surface area contributed by atoms with Crippen LogP contribution in [-0.2, 0) is 24.8 Å². The summed E-state index contributed by atoms with van der Waals surface area (Å²) in [6, 6.07) is 8.54. The molecular formula is C25H39NO3Si2. The smallest absolute Gasteiger partial charge is 0.235 e. The normalized spacial score (nSPS) is 33.2. The van der Waals surface area contributed by atoms with Gasteiger partial charge in [-0.2, -0.15) is 0 Å². The second-order valence-corrected chi connectivity index (χ2v) is 24.0. The van der Waals surface area contributed by atoms with Crippen LogP contribution in [0.1, 0.15) is 52.7 Å². The van der Waals surface area contributed by atoms with Gasteiger partial charge in [-0.05, 0) is 21.2 Å². The molecule has 0 aromatic heterocycles. The fourth-order valence-electron chi connectivity index (χ4n) is 6.41. The molecule has 3 aliphatic rings. The van der Waals surface area contributed by atoms with Crippen molar-refractivity contribution in [1.82, 2.24) is 4.90 Å². The Kier molecular flexibility index (Phi) is 4.44. The van der Waals surface area contributed by atoms with Crippen LogP contribution in [0.4, 0.5) is 0 Å². The predicted octanol–water partition coefficient (Wildman–Crippen LogP) is 5.45. The fourth-order valence-corrected chi connectivity index (χ4v) is 13.5. The van der Waals surface area contributed by atoms with Crippen LogP contribution in [0.15, 0.2) is 24.3 Å². The molecule has 2 saturated heterocycles. The summed E-state index contributed by atoms with van der Waals surface area (Å²) >= 11 is 0. The minimum atomic E-state index is -2.30. The highest BCUT2D eigenvalue weighted by Gasteiger charge is 2.84. The number of benzene rings is 1. The number of amides is 2. The molecule has 0 N–H and O–H groups in total. The van der Waals surface area contributed by atoms with Gasteiger partial charge in [0.25, 0.3) is 0 Å². The van der Waals surface area contributed by atoms with Gasteiger partial charge in [-0.1, -0.05) is 92.0 Å². The molecule has 4 rings (SSSR count). The predicted molar refractivity (Wildman–Crippen MR) is 130 cm³/mol. The summed E-state index contributed by atoms with van der Waals surface area (Å²) in [5.74, 6) is -0.936. The lowest BCUT2D eigenvalue weighted by molar-refractivity contribution is -0.144. The highest BCUT2D eigenvalue weighted by molar-refractivity contribution is 6.85. The van der Waals surface area contributed by atoms with Crippen LogP contribution in [0.5, 0.6) is 0 Å². The maximum Gasteiger partial charge on any atom is 0.235 e. The molecule has 1 aromatic rings. The third kappa shape index (κ3) is 2.24. The van der Waals surface area contributed by atoms with E-state index in [1.807, 2.05) is 0 Å². The first-order valence-corrected chi connectivity index (χ1v) is 17.5. The number of hydrogen-bond acceptors (Lipinski definition) is 3. The third-order valence-electron chi connectivity index (χ3n) is 10.1. The highest BCUT2D eigenvalue weighted by Crippen LogP contribution is 2.75. The van der Waals surface area contributed by atoms with Crippen LogP contribution in [0.2, 0.25) is 36.3 Å². The number of carbonyl (C=O) groups excluding carboxylic acids is 2. The van der Waals surface area contributed by atoms with Gasteiger partial charge < -0.3 is 4.74 Å². The van der Waals surface area contributed by atoms with Crippen LogP contribution in [0, 0.1) is 11.8 Å². The SMILES string of the molecule is CN1C(=O)[C@@H]2[C@H](C1=O)[C@@]1([Si](C)(C)C(C)(C)C)O[C@]2([Si](C)(C)C(C)(C)C)c2ccccc21. The maximum atomic E-state index is 13.8. The summed E-state index contributed by atoms with van der Waals surface area (Å²) in [4.78, 5) is 28.9. The van der Waals surface area contributed by atoms with Gasteiger partial charge in [0, 0.05) is 7.05 Å². The van der Waals surface area contributed by atoms with Crippen LogP contribution in [0.25, 0.3) is 0 Å². The van der Waals surface area contributed by atoms with E-state index in [1.54, 1.807) is 7.05 Å². The lowest BCUT2D eigenvalue weighted by Crippen LogP contribution is -2.61. The van der Waals surface area contributed by atoms with Crippen molar-refractivity contribution in [3.63, 3.8) is 0 Å². The van der Waals surface area contributed by atoms with Gasteiger partial charge in [0.2, 0.25) is 11.8 Å². The Balaban J connectivity index is 2.18. The van der Waals surface area contributed by atoms with E-state index in [1.165, 1.54) is 16.0 Å². The second kappa shape index (κ2) is 6.00. The summed E-state index contributed by atoms with van der Waals surface area (Å²) in [5.41, 5.74) is 2.37. The van der Waals surface area contributed by atoms with Gasteiger partial charge in [-0.3, -0.25) is 14.5 Å². The van der Waals surface area contributed by atoms with Crippen LogP contribution in [0.3, 0.4) is 0 Å². The topological polar surface area (TPSA) is 46.6 Å². The Morgan fingerprint density at radius 1 is 0.774 bits per heavy atom. The second-order valence-electron chi connectivity index (χ2n) is 13.1. The number of hydrogen-bond donors (Lipinski definition) is 0. The molecule has 0 spiro atoms. The molecule has 3 heterocycles. The van der Waals surface area contributed by atoms with E-state index in [2.05, 4.69) is 92.0 Å². The van der Waals surface area contributed by atoms with Crippen molar-refractivity contribution in [3.05, 3.63) is 35.4 Å². The first-order valence-electron chi connectivity index (χ1n) is 11.5. The monoisotopic (exact) mass is 457 g/mol. The molecule has 2 bridgehead atoms. The van der Waals surface area contributed by atoms with Crippen LogP contribution < -0.4 is 0 Å². The number of rotatable bonds is 2. The van der Waals surface area contributed by atoms with Gasteiger partial charge in [0.05, 0.1) is 38.4 Å². The van der Waals surface area contributed by atoms with Gasteiger partial charge in [-0.25, -0.2) is 0 Å². The van der Waals surface area contributed by atoms with Crippen molar-refractivity contribution in [2.75, 3.05) is 7.05 Å². The van der Waals surface area contributed by atoms with Crippen molar-refractivity contribution in [2.45, 2.75) is 88.3 Å². The number of imide groups is 1. The number of carbonyl (C=O) groups is 2. The molecule has 1 aromatic carbocycles. The summed E-state index contributed by atoms with van der Waals surface area (Å²) in [6.07, 6.45) is 0. The van der Waals surface area contributed by atoms with Crippen LogP contribution >= 0.6 is 0 Å². The van der Waals surface area contributed by atoms with Crippen molar-refractivity contribution in [2.24, 2.45) is 11.8 Å². The Morgan fingerprint density at radius 3 is 1.39 bits per heavy atom. The quantitative estimate of drug-likeness (QED) is 0.438. The minimum absolute atomic E-state index is 0.0109. The average molecular weight is 458 g/mol. The summed E-state index contributed by atoms with van der Waals surface area (Å²) in [5, 5.41) is -1.41. The molecule has 0 unspecified atom stereocenters. The van der Waals surface area contributed by atoms with Gasteiger partial charge in [0.15, 0.2) is 0 Å². The minimum Gasteiger partial charge on any atom is -0.365 e. The van der Waals surface area contributed by atoms with Crippen molar-refractivity contribution in [1.29, 1.82) is 0 Å². The standard InChI is InChI=1S/C25H39NO3Si2/c1-22(2,3)30(8,9)24-16-14-12-13-15-17(16)25(29-24,31(10,11)23(4,5)6)19-18(24)20(27)26(7)21(19)28/h12-15,18-19H,1-11H3/t18-,19+,24-,25+. The van der Waals surface area contributed by atoms with Gasteiger partial charge in [-0.15, -0.1) is 0 Å². The van der Waals surface area contributed by atoms with E-state index in [-0.39, 0.29) is 21.9 Å². The van der Waals surface area contributed by atoms with E-state index in [0.717, 1.165) is 0 Å². The van der Waals surface area contributed by atoms with E-state index in [9.17, 15) is 9.59 Å². The molecule has 2 amide bonds. The average Bonchev–Trinajstić information content (AvgIpc) is 3.22. The third-order valence-corrected chi connectivity index (χ3v) is 22.6. The number of fused-ring (bicyclic) bond motifs is 8. The number of ether oxygens (including phenoxy) is 1. The summed E-state index contributed by atoms with van der Waals surface area (Å²) in [6.45, 7) is 23.2. The number of nitrogens with zero attached hydrogens (tertiary/aromatic N) is 1. The molecule has 0 radical (unpaired) electrons. The summed E-state index contributed by atoms with van der Waals surface area (Å²) < 4.78 is 7.51. The van der Waals surface area contributed by atoms with Crippen molar-refractivity contribution in [3.8, 4) is 0 Å². The molecule has 6 heteroatoms. The zero-order valence-corrected chi connectivity index (χ0v) is 23.1. The zero-order valence-electron chi connectivity index (χ0n) is 21.1. The fraction of sp³-hybridized carbons (Fsp3) is 0.680. The van der Waals surface area contributed by atoms with E-state index in [4.69, 9.17) is 4.74 Å². The largest absolute Gasteiger partial charge is 0.365 e. The van der Waals surface area contributed by atoms with Gasteiger partial charge >= 0.3 is 0 Å². The molecule has 4 atom stereocenters. The Hall–Kier alpha value is -1.25. The molecule has 0 saturated carbocycles. The van der Waals surface area contributed by atoms with E-state index < -0.39 is 38.4 Å². The molecule has 170 valence electrons. The van der Waals surface area contributed by atoms with Gasteiger partial charge in [0.1, 0.15) is 0 Å². The Morgan fingerprint density at radius 2 is 1.10 bits per heavy atom. The highest BCUT2D eigenvalue weighted by atomic mass is 28.3. The molecule has 3 aliphatic heterocycles. The lowest BCUT2D eigenvalue weighted by atomic mass is 9.76. The first-order chi connectivity index (χ1) is 13.9. The molecule has 31 heavy (non-hydrogen) atoms. The van der Waals surface area contributed by atoms with E-state index >= 15 is 0 Å². The Labute approximate surface area is 189 Å². The van der Waals surface area contributed by atoms with E-state index in [0.29, 0.717) is 0 Å². The van der Waals surface area contributed by atoms with Crippen molar-refractivity contribution >= 4 is 28.0 Å². The maximum absolute atomic E-state index is 13.8. The zero-order chi connectivity index (χ0) is 23.6. The van der Waals surface area contributed by atoms with Crippen molar-refractivity contribution < 1.29 is 14.3 Å².